The summed E-state index contributed by atoms with van der Waals surface area (Å²) in [5.41, 5.74) is 0. The monoisotopic (exact) mass is 258 g/mol. The van der Waals surface area contributed by atoms with Crippen molar-refractivity contribution in [3.8, 4) is 0 Å². The molecule has 0 aromatic heterocycles. The van der Waals surface area contributed by atoms with Gasteiger partial charge in [0.2, 0.25) is 0 Å². The number of carbonyl (C=O) groups excluding carboxylic acids is 1. The van der Waals surface area contributed by atoms with Gasteiger partial charge in [0.25, 0.3) is 0 Å². The molecule has 1 saturated heterocycles. The Morgan fingerprint density at radius 3 is 2.56 bits per heavy atom. The number of amides is 2. The fourth-order valence-electron chi connectivity index (χ4n) is 1.98. The van der Waals surface area contributed by atoms with Crippen LogP contribution in [0.25, 0.3) is 0 Å². The fourth-order valence-corrected chi connectivity index (χ4v) is 1.98. The van der Waals surface area contributed by atoms with Crippen molar-refractivity contribution < 1.29 is 19.4 Å². The molecular weight excluding hydrogens is 236 g/mol. The highest BCUT2D eigenvalue weighted by atomic mass is 16.5. The van der Waals surface area contributed by atoms with Crippen molar-refractivity contribution in [1.29, 1.82) is 0 Å². The maximum Gasteiger partial charge on any atom is 0.326 e. The summed E-state index contributed by atoms with van der Waals surface area (Å²) in [5.74, 6) is -0.797. The van der Waals surface area contributed by atoms with Gasteiger partial charge in [0.15, 0.2) is 0 Å². The Hall–Kier alpha value is -1.30. The zero-order valence-electron chi connectivity index (χ0n) is 11.1. The summed E-state index contributed by atoms with van der Waals surface area (Å²) < 4.78 is 5.32. The van der Waals surface area contributed by atoms with E-state index >= 15 is 0 Å². The first kappa shape index (κ1) is 14.8. The summed E-state index contributed by atoms with van der Waals surface area (Å²) >= 11 is 0. The number of aliphatic carboxylic acids is 1. The van der Waals surface area contributed by atoms with Gasteiger partial charge in [-0.25, -0.2) is 9.59 Å². The average molecular weight is 258 g/mol. The highest BCUT2D eigenvalue weighted by molar-refractivity contribution is 5.82. The van der Waals surface area contributed by atoms with Crippen molar-refractivity contribution >= 4 is 12.0 Å². The van der Waals surface area contributed by atoms with Gasteiger partial charge in [-0.15, -0.1) is 0 Å². The van der Waals surface area contributed by atoms with E-state index in [4.69, 9.17) is 9.84 Å². The van der Waals surface area contributed by atoms with Crippen molar-refractivity contribution in [2.45, 2.75) is 51.8 Å². The molecule has 0 radical (unpaired) electrons. The van der Waals surface area contributed by atoms with E-state index in [1.54, 1.807) is 0 Å². The van der Waals surface area contributed by atoms with Crippen LogP contribution in [0.1, 0.15) is 33.6 Å². The van der Waals surface area contributed by atoms with Crippen LogP contribution in [0.2, 0.25) is 0 Å². The Morgan fingerprint density at radius 2 is 2.11 bits per heavy atom. The first-order valence-corrected chi connectivity index (χ1v) is 6.31. The Bertz CT molecular complexity index is 306. The molecule has 0 aromatic rings. The Kier molecular flexibility index (Phi) is 5.40. The Balaban J connectivity index is 2.43. The molecule has 0 aliphatic carbocycles. The molecule has 3 atom stereocenters. The average Bonchev–Trinajstić information content (AvgIpc) is 2.62. The molecule has 6 heteroatoms. The van der Waals surface area contributed by atoms with E-state index in [1.807, 2.05) is 20.8 Å². The molecule has 1 aliphatic heterocycles. The predicted molar refractivity (Wildman–Crippen MR) is 66.4 cm³/mol. The van der Waals surface area contributed by atoms with Crippen LogP contribution in [-0.2, 0) is 9.53 Å². The minimum Gasteiger partial charge on any atom is -0.480 e. The van der Waals surface area contributed by atoms with Crippen molar-refractivity contribution in [2.75, 3.05) is 6.61 Å². The van der Waals surface area contributed by atoms with Gasteiger partial charge >= 0.3 is 12.0 Å². The van der Waals surface area contributed by atoms with E-state index in [0.717, 1.165) is 6.42 Å². The molecule has 0 bridgehead atoms. The third kappa shape index (κ3) is 4.52. The van der Waals surface area contributed by atoms with Crippen LogP contribution < -0.4 is 10.6 Å². The standard InChI is InChI=1S/C12H22N2O4/c1-7(2)6-10(11(15)16)14-12(17)13-9-4-5-18-8(9)3/h7-10H,4-6H2,1-3H3,(H,15,16)(H2,13,14,17)/t8?,9?,10-/m0/s1. The Morgan fingerprint density at radius 1 is 1.44 bits per heavy atom. The van der Waals surface area contributed by atoms with Crippen LogP contribution in [0.4, 0.5) is 4.79 Å². The second-order valence-electron chi connectivity index (χ2n) is 5.11. The van der Waals surface area contributed by atoms with Gasteiger partial charge in [-0.2, -0.15) is 0 Å². The van der Waals surface area contributed by atoms with E-state index in [0.29, 0.717) is 13.0 Å². The van der Waals surface area contributed by atoms with E-state index in [2.05, 4.69) is 10.6 Å². The molecule has 0 aromatic carbocycles. The molecule has 0 saturated carbocycles. The summed E-state index contributed by atoms with van der Waals surface area (Å²) in [6, 6.07) is -1.33. The van der Waals surface area contributed by atoms with Crippen molar-refractivity contribution in [2.24, 2.45) is 5.92 Å². The van der Waals surface area contributed by atoms with E-state index in [-0.39, 0.29) is 18.1 Å². The molecule has 1 fully saturated rings. The van der Waals surface area contributed by atoms with Crippen LogP contribution >= 0.6 is 0 Å². The second-order valence-corrected chi connectivity index (χ2v) is 5.11. The minimum absolute atomic E-state index is 0.0240. The highest BCUT2D eigenvalue weighted by Crippen LogP contribution is 2.12. The number of urea groups is 1. The molecule has 18 heavy (non-hydrogen) atoms. The van der Waals surface area contributed by atoms with Crippen LogP contribution in [0.5, 0.6) is 0 Å². The summed E-state index contributed by atoms with van der Waals surface area (Å²) in [5, 5.41) is 14.3. The zero-order chi connectivity index (χ0) is 13.7. The number of hydrogen-bond donors (Lipinski definition) is 3. The molecule has 2 amide bonds. The van der Waals surface area contributed by atoms with Gasteiger partial charge in [-0.1, -0.05) is 13.8 Å². The molecular formula is C12H22N2O4. The van der Waals surface area contributed by atoms with Crippen LogP contribution in [-0.4, -0.2) is 41.9 Å². The SMILES string of the molecule is CC(C)C[C@H](NC(=O)NC1CCOC1C)C(=O)O. The lowest BCUT2D eigenvalue weighted by Crippen LogP contribution is -2.50. The number of carboxylic acids is 1. The molecule has 1 aliphatic rings. The van der Waals surface area contributed by atoms with Gasteiger partial charge < -0.3 is 20.5 Å². The smallest absolute Gasteiger partial charge is 0.326 e. The normalized spacial score (nSPS) is 24.9. The maximum atomic E-state index is 11.7. The lowest BCUT2D eigenvalue weighted by atomic mass is 10.0. The van der Waals surface area contributed by atoms with Gasteiger partial charge in [0, 0.05) is 6.61 Å². The molecule has 1 rings (SSSR count). The van der Waals surface area contributed by atoms with Gasteiger partial charge in [-0.05, 0) is 25.7 Å². The van der Waals surface area contributed by atoms with Gasteiger partial charge in [0.05, 0.1) is 12.1 Å². The summed E-state index contributed by atoms with van der Waals surface area (Å²) in [7, 11) is 0. The first-order chi connectivity index (χ1) is 8.40. The number of rotatable bonds is 5. The summed E-state index contributed by atoms with van der Waals surface area (Å²) in [4.78, 5) is 22.7. The molecule has 0 spiro atoms. The number of ether oxygens (including phenoxy) is 1. The maximum absolute atomic E-state index is 11.7. The lowest BCUT2D eigenvalue weighted by molar-refractivity contribution is -0.139. The topological polar surface area (TPSA) is 87.7 Å². The quantitative estimate of drug-likeness (QED) is 0.685. The number of carboxylic acid groups (broad SMARTS) is 1. The molecule has 104 valence electrons. The highest BCUT2D eigenvalue weighted by Gasteiger charge is 2.27. The predicted octanol–water partition coefficient (Wildman–Crippen LogP) is 0.962. The minimum atomic E-state index is -1.01. The van der Waals surface area contributed by atoms with Crippen LogP contribution in [0.15, 0.2) is 0 Å². The van der Waals surface area contributed by atoms with E-state index < -0.39 is 18.0 Å². The number of carbonyl (C=O) groups is 2. The van der Waals surface area contributed by atoms with E-state index in [1.165, 1.54) is 0 Å². The fraction of sp³-hybridized carbons (Fsp3) is 0.833. The molecule has 1 heterocycles. The van der Waals surface area contributed by atoms with Gasteiger partial charge in [0.1, 0.15) is 6.04 Å². The third-order valence-electron chi connectivity index (χ3n) is 3.00. The lowest BCUT2D eigenvalue weighted by Gasteiger charge is -2.20. The second kappa shape index (κ2) is 6.58. The van der Waals surface area contributed by atoms with Crippen LogP contribution in [0.3, 0.4) is 0 Å². The number of hydrogen-bond acceptors (Lipinski definition) is 3. The Labute approximate surface area is 107 Å². The summed E-state index contributed by atoms with van der Waals surface area (Å²) in [6.45, 7) is 6.35. The van der Waals surface area contributed by atoms with Gasteiger partial charge in [-0.3, -0.25) is 0 Å². The zero-order valence-corrected chi connectivity index (χ0v) is 11.1. The van der Waals surface area contributed by atoms with Crippen LogP contribution in [0, 0.1) is 5.92 Å². The largest absolute Gasteiger partial charge is 0.480 e. The third-order valence-corrected chi connectivity index (χ3v) is 3.00. The first-order valence-electron chi connectivity index (χ1n) is 6.31. The van der Waals surface area contributed by atoms with Crippen molar-refractivity contribution in [3.63, 3.8) is 0 Å². The number of nitrogens with one attached hydrogen (secondary N) is 2. The van der Waals surface area contributed by atoms with Crippen molar-refractivity contribution in [1.82, 2.24) is 10.6 Å². The molecule has 3 N–H and O–H groups in total. The van der Waals surface area contributed by atoms with E-state index in [9.17, 15) is 9.59 Å². The van der Waals surface area contributed by atoms with Crippen molar-refractivity contribution in [3.05, 3.63) is 0 Å². The molecule has 6 nitrogen and oxygen atoms in total. The summed E-state index contributed by atoms with van der Waals surface area (Å²) in [6.07, 6.45) is 1.15. The molecule has 2 unspecified atom stereocenters.